The number of hydrogen-bond donors (Lipinski definition) is 2. The average molecular weight is 424 g/mol. The van der Waals surface area contributed by atoms with Gasteiger partial charge in [-0.3, -0.25) is 0 Å². The van der Waals surface area contributed by atoms with Gasteiger partial charge in [-0.1, -0.05) is 49.7 Å². The molecular formula is C24H28N2O5. The predicted molar refractivity (Wildman–Crippen MR) is 117 cm³/mol. The maximum Gasteiger partial charge on any atom is 0.337 e. The fourth-order valence-corrected chi connectivity index (χ4v) is 3.49. The second-order valence-electron chi connectivity index (χ2n) is 7.20. The van der Waals surface area contributed by atoms with Crippen molar-refractivity contribution in [3.63, 3.8) is 0 Å². The molecule has 0 fully saturated rings. The predicted octanol–water partition coefficient (Wildman–Crippen LogP) is 4.25. The highest BCUT2D eigenvalue weighted by atomic mass is 16.5. The number of rotatable bonds is 9. The first kappa shape index (κ1) is 22.2. The molecule has 164 valence electrons. The minimum Gasteiger partial charge on any atom is -0.493 e. The second kappa shape index (κ2) is 10.5. The van der Waals surface area contributed by atoms with Crippen LogP contribution in [-0.4, -0.2) is 26.2 Å². The number of carbonyl (C=O) groups is 2. The minimum atomic E-state index is -0.648. The first-order valence-electron chi connectivity index (χ1n) is 10.3. The maximum atomic E-state index is 12.6. The molecule has 3 rings (SSSR count). The van der Waals surface area contributed by atoms with Crippen LogP contribution in [0.15, 0.2) is 59.8 Å². The van der Waals surface area contributed by atoms with E-state index in [4.69, 9.17) is 14.2 Å². The van der Waals surface area contributed by atoms with Crippen LogP contribution in [0.25, 0.3) is 0 Å². The van der Waals surface area contributed by atoms with E-state index in [0.29, 0.717) is 41.4 Å². The first-order valence-corrected chi connectivity index (χ1v) is 10.3. The Morgan fingerprint density at radius 2 is 1.84 bits per heavy atom. The van der Waals surface area contributed by atoms with E-state index in [1.54, 1.807) is 19.2 Å². The van der Waals surface area contributed by atoms with Gasteiger partial charge in [-0.2, -0.15) is 0 Å². The highest BCUT2D eigenvalue weighted by Crippen LogP contribution is 2.35. The van der Waals surface area contributed by atoms with Crippen LogP contribution in [0.4, 0.5) is 4.79 Å². The van der Waals surface area contributed by atoms with Gasteiger partial charge in [-0.05, 0) is 36.1 Å². The number of methoxy groups -OCH3 is 2. The molecule has 0 radical (unpaired) electrons. The lowest BCUT2D eigenvalue weighted by molar-refractivity contribution is -0.136. The molecule has 1 unspecified atom stereocenters. The highest BCUT2D eigenvalue weighted by molar-refractivity contribution is 5.95. The fraction of sp³-hybridized carbons (Fsp3) is 0.333. The van der Waals surface area contributed by atoms with E-state index < -0.39 is 12.0 Å². The smallest absolute Gasteiger partial charge is 0.337 e. The molecule has 2 aromatic carbocycles. The van der Waals surface area contributed by atoms with Gasteiger partial charge < -0.3 is 24.8 Å². The van der Waals surface area contributed by atoms with Gasteiger partial charge in [0.1, 0.15) is 6.61 Å². The molecule has 1 heterocycles. The van der Waals surface area contributed by atoms with Gasteiger partial charge in [-0.15, -0.1) is 0 Å². The summed E-state index contributed by atoms with van der Waals surface area (Å²) in [6.07, 6.45) is 2.37. The lowest BCUT2D eigenvalue weighted by Crippen LogP contribution is -2.45. The van der Waals surface area contributed by atoms with Crippen LogP contribution in [-0.2, 0) is 16.1 Å². The number of benzene rings is 2. The molecule has 2 aromatic rings. The molecule has 1 aliphatic heterocycles. The summed E-state index contributed by atoms with van der Waals surface area (Å²) in [5.41, 5.74) is 2.73. The van der Waals surface area contributed by atoms with E-state index in [-0.39, 0.29) is 6.03 Å². The summed E-state index contributed by atoms with van der Waals surface area (Å²) < 4.78 is 16.4. The number of unbranched alkanes of at least 4 members (excludes halogenated alkanes) is 1. The van der Waals surface area contributed by atoms with Gasteiger partial charge >= 0.3 is 12.0 Å². The summed E-state index contributed by atoms with van der Waals surface area (Å²) in [5, 5.41) is 5.60. The Hall–Kier alpha value is -3.48. The molecule has 0 spiro atoms. The van der Waals surface area contributed by atoms with Gasteiger partial charge in [0, 0.05) is 5.70 Å². The standard InChI is InChI=1S/C24H28N2O5/c1-4-5-11-18-21(23(27)30-3)22(26-24(28)25-18)17-12-13-19(20(14-17)29-2)31-15-16-9-7-6-8-10-16/h6-10,12-14,22H,4-5,11,15H2,1-3H3,(H2,25,26,28). The van der Waals surface area contributed by atoms with E-state index in [0.717, 1.165) is 18.4 Å². The number of amides is 2. The van der Waals surface area contributed by atoms with Gasteiger partial charge in [0.2, 0.25) is 0 Å². The molecule has 31 heavy (non-hydrogen) atoms. The van der Waals surface area contributed by atoms with Crippen molar-refractivity contribution < 1.29 is 23.8 Å². The SMILES string of the molecule is CCCCC1=C(C(=O)OC)C(c2ccc(OCc3ccccc3)c(OC)c2)NC(=O)N1. The zero-order valence-electron chi connectivity index (χ0n) is 18.1. The molecule has 2 N–H and O–H groups in total. The molecule has 0 saturated carbocycles. The second-order valence-corrected chi connectivity index (χ2v) is 7.20. The summed E-state index contributed by atoms with van der Waals surface area (Å²) >= 11 is 0. The number of urea groups is 1. The Labute approximate surface area is 182 Å². The first-order chi connectivity index (χ1) is 15.1. The van der Waals surface area contributed by atoms with Gasteiger partial charge in [-0.25, -0.2) is 9.59 Å². The van der Waals surface area contributed by atoms with Crippen molar-refractivity contribution in [3.05, 3.63) is 70.9 Å². The molecule has 7 heteroatoms. The Bertz CT molecular complexity index is 956. The van der Waals surface area contributed by atoms with Crippen molar-refractivity contribution >= 4 is 12.0 Å². The maximum absolute atomic E-state index is 12.6. The molecule has 0 aromatic heterocycles. The lowest BCUT2D eigenvalue weighted by atomic mass is 9.93. The van der Waals surface area contributed by atoms with Crippen LogP contribution < -0.4 is 20.1 Å². The monoisotopic (exact) mass is 424 g/mol. The van der Waals surface area contributed by atoms with Crippen molar-refractivity contribution in [2.45, 2.75) is 38.8 Å². The van der Waals surface area contributed by atoms with Crippen molar-refractivity contribution in [1.82, 2.24) is 10.6 Å². The Morgan fingerprint density at radius 1 is 1.06 bits per heavy atom. The summed E-state index contributed by atoms with van der Waals surface area (Å²) in [5.74, 6) is 0.609. The largest absolute Gasteiger partial charge is 0.493 e. The molecule has 2 amide bonds. The molecule has 1 atom stereocenters. The van der Waals surface area contributed by atoms with Crippen LogP contribution >= 0.6 is 0 Å². The number of hydrogen-bond acceptors (Lipinski definition) is 5. The molecule has 7 nitrogen and oxygen atoms in total. The molecule has 1 aliphatic rings. The number of esters is 1. The Balaban J connectivity index is 1.91. The topological polar surface area (TPSA) is 85.9 Å². The van der Waals surface area contributed by atoms with E-state index in [1.165, 1.54) is 7.11 Å². The Kier molecular flexibility index (Phi) is 7.54. The molecule has 0 saturated heterocycles. The fourth-order valence-electron chi connectivity index (χ4n) is 3.49. The zero-order chi connectivity index (χ0) is 22.2. The third kappa shape index (κ3) is 5.36. The number of nitrogens with one attached hydrogen (secondary N) is 2. The summed E-state index contributed by atoms with van der Waals surface area (Å²) in [4.78, 5) is 24.9. The van der Waals surface area contributed by atoms with Crippen LogP contribution in [0.5, 0.6) is 11.5 Å². The van der Waals surface area contributed by atoms with E-state index in [2.05, 4.69) is 17.6 Å². The quantitative estimate of drug-likeness (QED) is 0.588. The minimum absolute atomic E-state index is 0.355. The van der Waals surface area contributed by atoms with E-state index >= 15 is 0 Å². The van der Waals surface area contributed by atoms with Crippen LogP contribution in [0.2, 0.25) is 0 Å². The van der Waals surface area contributed by atoms with E-state index in [1.807, 2.05) is 36.4 Å². The number of carbonyl (C=O) groups excluding carboxylic acids is 2. The summed E-state index contributed by atoms with van der Waals surface area (Å²) in [7, 11) is 2.89. The number of ether oxygens (including phenoxy) is 3. The normalized spacial score (nSPS) is 15.7. The zero-order valence-corrected chi connectivity index (χ0v) is 18.1. The molecule has 0 aliphatic carbocycles. The van der Waals surface area contributed by atoms with Crippen LogP contribution in [0.1, 0.15) is 43.4 Å². The van der Waals surface area contributed by atoms with Crippen LogP contribution in [0, 0.1) is 0 Å². The lowest BCUT2D eigenvalue weighted by Gasteiger charge is -2.29. The van der Waals surface area contributed by atoms with Crippen LogP contribution in [0.3, 0.4) is 0 Å². The van der Waals surface area contributed by atoms with Gasteiger partial charge in [0.15, 0.2) is 11.5 Å². The Morgan fingerprint density at radius 3 is 2.52 bits per heavy atom. The number of allylic oxidation sites excluding steroid dienone is 1. The van der Waals surface area contributed by atoms with Crippen molar-refractivity contribution in [2.75, 3.05) is 14.2 Å². The van der Waals surface area contributed by atoms with Gasteiger partial charge in [0.05, 0.1) is 25.8 Å². The van der Waals surface area contributed by atoms with E-state index in [9.17, 15) is 9.59 Å². The highest BCUT2D eigenvalue weighted by Gasteiger charge is 2.33. The third-order valence-electron chi connectivity index (χ3n) is 5.10. The summed E-state index contributed by atoms with van der Waals surface area (Å²) in [6.45, 7) is 2.45. The molecule has 0 bridgehead atoms. The van der Waals surface area contributed by atoms with Crippen molar-refractivity contribution in [2.24, 2.45) is 0 Å². The van der Waals surface area contributed by atoms with Crippen molar-refractivity contribution in [3.8, 4) is 11.5 Å². The van der Waals surface area contributed by atoms with Gasteiger partial charge in [0.25, 0.3) is 0 Å². The van der Waals surface area contributed by atoms with Crippen molar-refractivity contribution in [1.29, 1.82) is 0 Å². The average Bonchev–Trinajstić information content (AvgIpc) is 2.81. The third-order valence-corrected chi connectivity index (χ3v) is 5.10. The summed E-state index contributed by atoms with van der Waals surface area (Å²) in [6, 6.07) is 14.2. The molecular weight excluding hydrogens is 396 g/mol.